The molecule has 0 aliphatic carbocycles. The van der Waals surface area contributed by atoms with Gasteiger partial charge in [-0.15, -0.1) is 23.5 Å². The molecule has 50 heavy (non-hydrogen) atoms. The van der Waals surface area contributed by atoms with Crippen LogP contribution in [-0.4, -0.2) is 67.4 Å². The molecule has 4 aromatic rings. The van der Waals surface area contributed by atoms with Crippen molar-refractivity contribution in [2.24, 2.45) is 11.8 Å². The third kappa shape index (κ3) is 9.60. The maximum absolute atomic E-state index is 14.5. The monoisotopic (exact) mass is 720 g/mol. The number of ketones is 1. The van der Waals surface area contributed by atoms with Crippen molar-refractivity contribution < 1.29 is 22.4 Å². The van der Waals surface area contributed by atoms with Gasteiger partial charge in [-0.25, -0.2) is 17.6 Å². The Balaban J connectivity index is 1.03. The summed E-state index contributed by atoms with van der Waals surface area (Å²) >= 11 is 3.55. The molecule has 0 fully saturated rings. The van der Waals surface area contributed by atoms with Crippen molar-refractivity contribution in [1.82, 2.24) is 9.80 Å². The third-order valence-corrected chi connectivity index (χ3v) is 12.4. The summed E-state index contributed by atoms with van der Waals surface area (Å²) in [5, 5.41) is 0. The van der Waals surface area contributed by atoms with Crippen molar-refractivity contribution in [3.05, 3.63) is 129 Å². The number of rotatable bonds is 14. The lowest BCUT2D eigenvalue weighted by Gasteiger charge is -2.28. The zero-order valence-corrected chi connectivity index (χ0v) is 30.3. The zero-order valence-electron chi connectivity index (χ0n) is 28.7. The van der Waals surface area contributed by atoms with Gasteiger partial charge in [-0.05, 0) is 173 Å². The van der Waals surface area contributed by atoms with Crippen molar-refractivity contribution >= 4 is 29.3 Å². The maximum atomic E-state index is 14.5. The molecular weight excluding hydrogens is 677 g/mol. The first-order valence-electron chi connectivity index (χ1n) is 17.4. The van der Waals surface area contributed by atoms with E-state index in [2.05, 4.69) is 23.9 Å². The van der Waals surface area contributed by atoms with Gasteiger partial charge in [0.25, 0.3) is 0 Å². The van der Waals surface area contributed by atoms with Crippen molar-refractivity contribution in [1.29, 1.82) is 0 Å². The topological polar surface area (TPSA) is 23.6 Å². The number of hydrogen-bond acceptors (Lipinski definition) is 5. The van der Waals surface area contributed by atoms with E-state index >= 15 is 0 Å². The van der Waals surface area contributed by atoms with E-state index in [0.29, 0.717) is 46.9 Å². The molecule has 4 aromatic carbocycles. The average Bonchev–Trinajstić information content (AvgIpc) is 3.08. The molecule has 2 atom stereocenters. The Bertz CT molecular complexity index is 1690. The van der Waals surface area contributed by atoms with Gasteiger partial charge in [0, 0.05) is 45.5 Å². The van der Waals surface area contributed by atoms with Crippen LogP contribution in [0.15, 0.2) is 82.6 Å². The number of halogens is 4. The highest BCUT2D eigenvalue weighted by atomic mass is 32.2. The van der Waals surface area contributed by atoms with E-state index < -0.39 is 0 Å². The Morgan fingerprint density at radius 1 is 0.620 bits per heavy atom. The van der Waals surface area contributed by atoms with Crippen LogP contribution in [0, 0.1) is 35.1 Å². The Hall–Kier alpha value is -3.11. The van der Waals surface area contributed by atoms with Gasteiger partial charge in [0.15, 0.2) is 5.78 Å². The lowest BCUT2D eigenvalue weighted by molar-refractivity contribution is 0.103. The molecule has 0 N–H and O–H groups in total. The largest absolute Gasteiger partial charge is 0.306 e. The van der Waals surface area contributed by atoms with E-state index in [4.69, 9.17) is 0 Å². The number of fused-ring (bicyclic) bond motifs is 2. The number of nitrogens with zero attached hydrogens (tertiary/aromatic N) is 2. The van der Waals surface area contributed by atoms with Crippen LogP contribution in [0.2, 0.25) is 0 Å². The van der Waals surface area contributed by atoms with E-state index in [-0.39, 0.29) is 29.1 Å². The fourth-order valence-corrected chi connectivity index (χ4v) is 9.62. The van der Waals surface area contributed by atoms with Crippen molar-refractivity contribution in [3.8, 4) is 0 Å². The molecule has 0 aromatic heterocycles. The Morgan fingerprint density at radius 2 is 1.02 bits per heavy atom. The summed E-state index contributed by atoms with van der Waals surface area (Å²) in [4.78, 5) is 20.8. The van der Waals surface area contributed by atoms with Crippen LogP contribution in [0.5, 0.6) is 0 Å². The fourth-order valence-electron chi connectivity index (χ4n) is 7.36. The van der Waals surface area contributed by atoms with E-state index in [0.717, 1.165) is 84.3 Å². The van der Waals surface area contributed by atoms with Gasteiger partial charge in [0.2, 0.25) is 0 Å². The summed E-state index contributed by atoms with van der Waals surface area (Å²) in [6.45, 7) is 3.30. The van der Waals surface area contributed by atoms with E-state index in [1.165, 1.54) is 36.4 Å². The zero-order chi connectivity index (χ0) is 35.2. The molecule has 2 aliphatic rings. The second-order valence-electron chi connectivity index (χ2n) is 13.9. The van der Waals surface area contributed by atoms with Gasteiger partial charge in [0.1, 0.15) is 23.3 Å². The van der Waals surface area contributed by atoms with E-state index in [9.17, 15) is 22.4 Å². The van der Waals surface area contributed by atoms with Crippen LogP contribution < -0.4 is 0 Å². The summed E-state index contributed by atoms with van der Waals surface area (Å²) in [5.41, 5.74) is 4.35. The van der Waals surface area contributed by atoms with E-state index in [1.54, 1.807) is 47.8 Å². The fraction of sp³-hybridized carbons (Fsp3) is 0.390. The lowest BCUT2D eigenvalue weighted by Crippen LogP contribution is -2.30. The van der Waals surface area contributed by atoms with Gasteiger partial charge in [-0.2, -0.15) is 0 Å². The maximum Gasteiger partial charge on any atom is 0.193 e. The van der Waals surface area contributed by atoms with Gasteiger partial charge < -0.3 is 9.80 Å². The van der Waals surface area contributed by atoms with Crippen LogP contribution in [-0.2, 0) is 25.7 Å². The molecule has 3 nitrogen and oxygen atoms in total. The molecule has 0 saturated carbocycles. The van der Waals surface area contributed by atoms with Crippen LogP contribution >= 0.6 is 23.5 Å². The first-order valence-corrected chi connectivity index (χ1v) is 19.4. The molecule has 0 bridgehead atoms. The Kier molecular flexibility index (Phi) is 12.4. The number of carbonyl (C=O) groups is 1. The molecule has 6 rings (SSSR count). The molecule has 2 unspecified atom stereocenters. The summed E-state index contributed by atoms with van der Waals surface area (Å²) in [5.74, 6) is 1.41. The molecule has 2 aliphatic heterocycles. The molecule has 2 heterocycles. The minimum absolute atomic E-state index is 0.198. The second-order valence-corrected chi connectivity index (χ2v) is 16.1. The van der Waals surface area contributed by atoms with E-state index in [1.807, 2.05) is 12.1 Å². The van der Waals surface area contributed by atoms with Crippen LogP contribution in [0.25, 0.3) is 0 Å². The van der Waals surface area contributed by atoms with Gasteiger partial charge in [-0.1, -0.05) is 0 Å². The number of aryl methyl sites for hydroxylation is 2. The number of thioether (sulfide) groups is 2. The standard InChI is InChI=1S/C41H44F4N2OS2/c1-46(23-27-17-31-21-35(44)9-13-39(31)49-25-27)15-3-5-29-19-33(42)7-11-37(29)41(48)38-12-8-34(43)20-30(38)6-4-16-47(2)24-28-18-32-22-36(45)10-14-40(32)50-26-28/h7-14,19-22,27-28H,3-6,15-18,23-26H2,1-2H3. The van der Waals surface area contributed by atoms with Crippen molar-refractivity contribution in [2.45, 2.75) is 48.3 Å². The average molecular weight is 721 g/mol. The predicted molar refractivity (Wildman–Crippen MR) is 197 cm³/mol. The Labute approximate surface area is 301 Å². The number of benzene rings is 4. The highest BCUT2D eigenvalue weighted by molar-refractivity contribution is 7.99. The highest BCUT2D eigenvalue weighted by Crippen LogP contribution is 2.35. The van der Waals surface area contributed by atoms with Gasteiger partial charge in [-0.3, -0.25) is 4.79 Å². The minimum atomic E-state index is -0.387. The van der Waals surface area contributed by atoms with Crippen LogP contribution in [0.4, 0.5) is 17.6 Å². The third-order valence-electron chi connectivity index (χ3n) is 9.75. The quantitative estimate of drug-likeness (QED) is 0.0956. The number of carbonyl (C=O) groups excluding carboxylic acids is 1. The van der Waals surface area contributed by atoms with Gasteiger partial charge in [0.05, 0.1) is 0 Å². The molecular formula is C41H44F4N2OS2. The predicted octanol–water partition coefficient (Wildman–Crippen LogP) is 9.13. The first-order chi connectivity index (χ1) is 24.1. The van der Waals surface area contributed by atoms with Gasteiger partial charge >= 0.3 is 0 Å². The number of hydrogen-bond donors (Lipinski definition) is 0. The van der Waals surface area contributed by atoms with Crippen molar-refractivity contribution in [3.63, 3.8) is 0 Å². The smallest absolute Gasteiger partial charge is 0.193 e. The summed E-state index contributed by atoms with van der Waals surface area (Å²) in [6, 6.07) is 18.7. The SMILES string of the molecule is CN(CCCc1cc(F)ccc1C(=O)c1ccc(F)cc1CCCN(C)CC1CSc2ccc(F)cc2C1)CC1CSc2ccc(F)cc2C1. The Morgan fingerprint density at radius 3 is 1.46 bits per heavy atom. The first kappa shape index (κ1) is 36.7. The molecule has 9 heteroatoms. The molecule has 0 amide bonds. The minimum Gasteiger partial charge on any atom is -0.306 e. The highest BCUT2D eigenvalue weighted by Gasteiger charge is 2.23. The molecule has 264 valence electrons. The molecule has 0 spiro atoms. The molecule has 0 radical (unpaired) electrons. The van der Waals surface area contributed by atoms with Crippen LogP contribution in [0.1, 0.15) is 51.0 Å². The summed E-state index contributed by atoms with van der Waals surface area (Å²) < 4.78 is 56.5. The van der Waals surface area contributed by atoms with Crippen LogP contribution in [0.3, 0.4) is 0 Å². The summed E-state index contributed by atoms with van der Waals surface area (Å²) in [6.07, 6.45) is 4.26. The van der Waals surface area contributed by atoms with Crippen molar-refractivity contribution in [2.75, 3.05) is 51.8 Å². The molecule has 0 saturated heterocycles. The second kappa shape index (κ2) is 16.9. The normalized spacial score (nSPS) is 17.2. The lowest BCUT2D eigenvalue weighted by atomic mass is 9.91. The summed E-state index contributed by atoms with van der Waals surface area (Å²) in [7, 11) is 4.14.